The van der Waals surface area contributed by atoms with Gasteiger partial charge in [-0.2, -0.15) is 0 Å². The zero-order chi connectivity index (χ0) is 14.5. The van der Waals surface area contributed by atoms with Crippen LogP contribution in [0.3, 0.4) is 0 Å². The van der Waals surface area contributed by atoms with Crippen LogP contribution in [0.1, 0.15) is 22.6 Å². The van der Waals surface area contributed by atoms with Crippen LogP contribution in [0.4, 0.5) is 0 Å². The Kier molecular flexibility index (Phi) is 5.47. The van der Waals surface area contributed by atoms with E-state index >= 15 is 0 Å². The molecule has 0 aliphatic rings. The van der Waals surface area contributed by atoms with Gasteiger partial charge in [-0.25, -0.2) is 0 Å². The molecule has 1 atom stereocenters. The van der Waals surface area contributed by atoms with Gasteiger partial charge >= 0.3 is 0 Å². The van der Waals surface area contributed by atoms with Crippen LogP contribution in [0.25, 0.3) is 0 Å². The van der Waals surface area contributed by atoms with E-state index in [-0.39, 0.29) is 0 Å². The van der Waals surface area contributed by atoms with Crippen LogP contribution in [0, 0.1) is 6.92 Å². The van der Waals surface area contributed by atoms with Crippen molar-refractivity contribution in [3.05, 3.63) is 69.2 Å². The highest BCUT2D eigenvalue weighted by atomic mass is 35.5. The number of nitrogens with one attached hydrogen (secondary N) is 1. The summed E-state index contributed by atoms with van der Waals surface area (Å²) in [4.78, 5) is 0. The Balaban J connectivity index is 2.28. The topological polar surface area (TPSA) is 12.0 Å². The van der Waals surface area contributed by atoms with Crippen LogP contribution in [-0.2, 0) is 6.42 Å². The van der Waals surface area contributed by atoms with E-state index in [1.54, 1.807) is 0 Å². The minimum atomic E-state index is 0.403. The first-order chi connectivity index (χ1) is 9.61. The molecular formula is C17H19Cl2N. The summed E-state index contributed by atoms with van der Waals surface area (Å²) >= 11 is 12.3. The lowest BCUT2D eigenvalue weighted by molar-refractivity contribution is 0.623. The fourth-order valence-electron chi connectivity index (χ4n) is 2.54. The number of hydrogen-bond acceptors (Lipinski definition) is 1. The van der Waals surface area contributed by atoms with Gasteiger partial charge in [0.15, 0.2) is 0 Å². The van der Waals surface area contributed by atoms with Crippen LogP contribution in [0.15, 0.2) is 42.5 Å². The third-order valence-electron chi connectivity index (χ3n) is 3.56. The van der Waals surface area contributed by atoms with Gasteiger partial charge in [0.1, 0.15) is 0 Å². The molecule has 106 valence electrons. The fraction of sp³-hybridized carbons (Fsp3) is 0.294. The molecule has 0 fully saturated rings. The third kappa shape index (κ3) is 3.76. The van der Waals surface area contributed by atoms with Crippen LogP contribution in [0.5, 0.6) is 0 Å². The molecule has 0 aromatic heterocycles. The van der Waals surface area contributed by atoms with Crippen molar-refractivity contribution in [2.45, 2.75) is 19.3 Å². The van der Waals surface area contributed by atoms with Gasteiger partial charge in [-0.05, 0) is 49.2 Å². The van der Waals surface area contributed by atoms with E-state index in [2.05, 4.69) is 36.5 Å². The SMILES string of the molecule is CNCC(Cc1ccc(Cl)cc1Cl)c1ccccc1C. The van der Waals surface area contributed by atoms with Crippen molar-refractivity contribution < 1.29 is 0 Å². The molecule has 0 heterocycles. The molecule has 1 unspecified atom stereocenters. The molecule has 1 nitrogen and oxygen atoms in total. The maximum Gasteiger partial charge on any atom is 0.0453 e. The highest BCUT2D eigenvalue weighted by Gasteiger charge is 2.15. The normalized spacial score (nSPS) is 12.4. The first kappa shape index (κ1) is 15.4. The van der Waals surface area contributed by atoms with Crippen molar-refractivity contribution in [1.29, 1.82) is 0 Å². The molecule has 0 radical (unpaired) electrons. The Morgan fingerprint density at radius 1 is 1.10 bits per heavy atom. The second-order valence-corrected chi connectivity index (χ2v) is 5.89. The second-order valence-electron chi connectivity index (χ2n) is 5.05. The van der Waals surface area contributed by atoms with Gasteiger partial charge in [0, 0.05) is 22.5 Å². The van der Waals surface area contributed by atoms with E-state index in [9.17, 15) is 0 Å². The Morgan fingerprint density at radius 3 is 2.50 bits per heavy atom. The summed E-state index contributed by atoms with van der Waals surface area (Å²) in [5.41, 5.74) is 3.82. The summed E-state index contributed by atoms with van der Waals surface area (Å²) in [6.07, 6.45) is 0.904. The van der Waals surface area contributed by atoms with Crippen molar-refractivity contribution in [3.8, 4) is 0 Å². The lowest BCUT2D eigenvalue weighted by atomic mass is 9.89. The fourth-order valence-corrected chi connectivity index (χ4v) is 3.02. The highest BCUT2D eigenvalue weighted by molar-refractivity contribution is 6.35. The number of rotatable bonds is 5. The van der Waals surface area contributed by atoms with Crippen molar-refractivity contribution >= 4 is 23.2 Å². The molecule has 3 heteroatoms. The van der Waals surface area contributed by atoms with E-state index in [4.69, 9.17) is 23.2 Å². The monoisotopic (exact) mass is 307 g/mol. The van der Waals surface area contributed by atoms with Crippen molar-refractivity contribution in [2.24, 2.45) is 0 Å². The first-order valence-electron chi connectivity index (χ1n) is 6.76. The number of aryl methyl sites for hydroxylation is 1. The molecule has 0 aliphatic carbocycles. The van der Waals surface area contributed by atoms with Crippen LogP contribution >= 0.6 is 23.2 Å². The molecule has 0 spiro atoms. The molecule has 2 aromatic carbocycles. The summed E-state index contributed by atoms with van der Waals surface area (Å²) in [6.45, 7) is 3.07. The predicted molar refractivity (Wildman–Crippen MR) is 88.0 cm³/mol. The quantitative estimate of drug-likeness (QED) is 0.833. The zero-order valence-electron chi connectivity index (χ0n) is 11.8. The summed E-state index contributed by atoms with van der Waals surface area (Å²) in [5, 5.41) is 4.70. The second kappa shape index (κ2) is 7.12. The third-order valence-corrected chi connectivity index (χ3v) is 4.15. The standard InChI is InChI=1S/C17H19Cl2N/c1-12-5-3-4-6-16(12)14(11-20-2)9-13-7-8-15(18)10-17(13)19/h3-8,10,14,20H,9,11H2,1-2H3. The Bertz CT molecular complexity index is 581. The number of likely N-dealkylation sites (N-methyl/N-ethyl adjacent to an activating group) is 1. The summed E-state index contributed by atoms with van der Waals surface area (Å²) in [6, 6.07) is 14.2. The van der Waals surface area contributed by atoms with Gasteiger partial charge in [0.05, 0.1) is 0 Å². The smallest absolute Gasteiger partial charge is 0.0453 e. The Hall–Kier alpha value is -1.02. The Morgan fingerprint density at radius 2 is 1.85 bits per heavy atom. The molecule has 20 heavy (non-hydrogen) atoms. The maximum absolute atomic E-state index is 6.30. The molecule has 0 amide bonds. The lowest BCUT2D eigenvalue weighted by Gasteiger charge is -2.20. The summed E-state index contributed by atoms with van der Waals surface area (Å²) in [7, 11) is 1.98. The molecule has 2 rings (SSSR count). The minimum absolute atomic E-state index is 0.403. The largest absolute Gasteiger partial charge is 0.319 e. The molecular weight excluding hydrogens is 289 g/mol. The van der Waals surface area contributed by atoms with Gasteiger partial charge in [-0.1, -0.05) is 53.5 Å². The van der Waals surface area contributed by atoms with Gasteiger partial charge in [-0.15, -0.1) is 0 Å². The maximum atomic E-state index is 6.30. The van der Waals surface area contributed by atoms with Crippen LogP contribution in [0.2, 0.25) is 10.0 Å². The molecule has 1 N–H and O–H groups in total. The van der Waals surface area contributed by atoms with Crippen LogP contribution in [-0.4, -0.2) is 13.6 Å². The van der Waals surface area contributed by atoms with Gasteiger partial charge in [0.25, 0.3) is 0 Å². The highest BCUT2D eigenvalue weighted by Crippen LogP contribution is 2.28. The van der Waals surface area contributed by atoms with E-state index in [1.165, 1.54) is 11.1 Å². The van der Waals surface area contributed by atoms with Gasteiger partial charge in [-0.3, -0.25) is 0 Å². The number of halogens is 2. The van der Waals surface area contributed by atoms with Crippen molar-refractivity contribution in [1.82, 2.24) is 5.32 Å². The van der Waals surface area contributed by atoms with E-state index in [0.717, 1.165) is 23.6 Å². The molecule has 0 saturated heterocycles. The summed E-state index contributed by atoms with van der Waals surface area (Å²) < 4.78 is 0. The molecule has 2 aromatic rings. The van der Waals surface area contributed by atoms with Gasteiger partial charge < -0.3 is 5.32 Å². The van der Waals surface area contributed by atoms with E-state index in [1.807, 2.05) is 25.2 Å². The minimum Gasteiger partial charge on any atom is -0.319 e. The van der Waals surface area contributed by atoms with Gasteiger partial charge in [0.2, 0.25) is 0 Å². The summed E-state index contributed by atoms with van der Waals surface area (Å²) in [5.74, 6) is 0.403. The van der Waals surface area contributed by atoms with E-state index < -0.39 is 0 Å². The zero-order valence-corrected chi connectivity index (χ0v) is 13.3. The van der Waals surface area contributed by atoms with E-state index in [0.29, 0.717) is 10.9 Å². The molecule has 0 bridgehead atoms. The first-order valence-corrected chi connectivity index (χ1v) is 7.51. The van der Waals surface area contributed by atoms with Crippen LogP contribution < -0.4 is 5.32 Å². The van der Waals surface area contributed by atoms with Crippen molar-refractivity contribution in [3.63, 3.8) is 0 Å². The Labute approximate surface area is 130 Å². The number of benzene rings is 2. The average molecular weight is 308 g/mol. The van der Waals surface area contributed by atoms with Crippen molar-refractivity contribution in [2.75, 3.05) is 13.6 Å². The molecule has 0 aliphatic heterocycles. The average Bonchev–Trinajstić information content (AvgIpc) is 2.42. The predicted octanol–water partition coefficient (Wildman–Crippen LogP) is 4.85. The molecule has 0 saturated carbocycles. The lowest BCUT2D eigenvalue weighted by Crippen LogP contribution is -2.20. The number of hydrogen-bond donors (Lipinski definition) is 1.